The van der Waals surface area contributed by atoms with Gasteiger partial charge in [0.05, 0.1) is 26.2 Å². The summed E-state index contributed by atoms with van der Waals surface area (Å²) in [6, 6.07) is 6.18. The average Bonchev–Trinajstić information content (AvgIpc) is 3.28. The molecule has 0 bridgehead atoms. The minimum Gasteiger partial charge on any atom is -0.293 e. The Balaban J connectivity index is 1.72. The predicted octanol–water partition coefficient (Wildman–Crippen LogP) is 3.75. The molecule has 7 heteroatoms. The van der Waals surface area contributed by atoms with E-state index in [1.807, 2.05) is 18.5 Å². The van der Waals surface area contributed by atoms with Gasteiger partial charge in [0.2, 0.25) is 0 Å². The Bertz CT molecular complexity index is 841. The van der Waals surface area contributed by atoms with Crippen LogP contribution in [0.1, 0.15) is 18.2 Å². The predicted molar refractivity (Wildman–Crippen MR) is 100 cm³/mol. The van der Waals surface area contributed by atoms with Crippen LogP contribution in [0.2, 0.25) is 0 Å². The maximum absolute atomic E-state index is 5.33. The quantitative estimate of drug-likeness (QED) is 0.611. The molecule has 3 aromatic rings. The highest BCUT2D eigenvalue weighted by Crippen LogP contribution is 2.32. The molecular weight excluding hydrogens is 386 g/mol. The van der Waals surface area contributed by atoms with Crippen molar-refractivity contribution in [2.75, 3.05) is 6.54 Å². The van der Waals surface area contributed by atoms with Crippen LogP contribution in [0.3, 0.4) is 0 Å². The molecule has 0 aliphatic carbocycles. The molecular formula is C17H18BrN5S. The van der Waals surface area contributed by atoms with E-state index in [0.29, 0.717) is 6.54 Å². The first-order valence-electron chi connectivity index (χ1n) is 7.65. The third-order valence-corrected chi connectivity index (χ3v) is 5.35. The molecule has 124 valence electrons. The molecule has 0 unspecified atom stereocenters. The van der Waals surface area contributed by atoms with Gasteiger partial charge in [-0.15, -0.1) is 17.8 Å². The van der Waals surface area contributed by atoms with Gasteiger partial charge in [0.15, 0.2) is 0 Å². The molecule has 0 fully saturated rings. The van der Waals surface area contributed by atoms with Crippen LogP contribution in [-0.4, -0.2) is 31.4 Å². The second kappa shape index (κ2) is 7.79. The van der Waals surface area contributed by atoms with Gasteiger partial charge in [-0.1, -0.05) is 12.8 Å². The summed E-state index contributed by atoms with van der Waals surface area (Å²) in [6.07, 6.45) is 9.16. The molecule has 0 spiro atoms. The second-order valence-electron chi connectivity index (χ2n) is 5.39. The number of H-pyrrole nitrogens is 1. The Morgan fingerprint density at radius 2 is 2.25 bits per heavy atom. The van der Waals surface area contributed by atoms with Gasteiger partial charge in [-0.3, -0.25) is 14.7 Å². The van der Waals surface area contributed by atoms with E-state index in [0.717, 1.165) is 34.8 Å². The van der Waals surface area contributed by atoms with Gasteiger partial charge in [-0.05, 0) is 40.7 Å². The van der Waals surface area contributed by atoms with Crippen molar-refractivity contribution in [2.24, 2.45) is 0 Å². The van der Waals surface area contributed by atoms with E-state index in [1.54, 1.807) is 16.0 Å². The highest BCUT2D eigenvalue weighted by molar-refractivity contribution is 9.11. The zero-order chi connectivity index (χ0) is 16.9. The summed E-state index contributed by atoms with van der Waals surface area (Å²) in [7, 11) is 0. The van der Waals surface area contributed by atoms with Crippen LogP contribution in [0.5, 0.6) is 0 Å². The largest absolute Gasteiger partial charge is 0.293 e. The summed E-state index contributed by atoms with van der Waals surface area (Å²) >= 11 is 5.21. The van der Waals surface area contributed by atoms with E-state index >= 15 is 0 Å². The highest BCUT2D eigenvalue weighted by atomic mass is 79.9. The number of terminal acetylenes is 1. The van der Waals surface area contributed by atoms with Gasteiger partial charge in [0, 0.05) is 24.8 Å². The van der Waals surface area contributed by atoms with Crippen molar-refractivity contribution in [1.29, 1.82) is 0 Å². The van der Waals surface area contributed by atoms with Crippen molar-refractivity contribution in [1.82, 2.24) is 24.9 Å². The molecule has 3 aromatic heterocycles. The number of rotatable bonds is 7. The number of hydrogen-bond donors (Lipinski definition) is 1. The fourth-order valence-electron chi connectivity index (χ4n) is 2.51. The van der Waals surface area contributed by atoms with Crippen molar-refractivity contribution < 1.29 is 0 Å². The zero-order valence-corrected chi connectivity index (χ0v) is 15.8. The molecule has 24 heavy (non-hydrogen) atoms. The molecule has 0 saturated heterocycles. The normalized spacial score (nSPS) is 11.1. The van der Waals surface area contributed by atoms with Gasteiger partial charge in [0.1, 0.15) is 6.54 Å². The topological polar surface area (TPSA) is 49.7 Å². The minimum absolute atomic E-state index is 0.505. The summed E-state index contributed by atoms with van der Waals surface area (Å²) in [5, 5.41) is 11.9. The first-order chi connectivity index (χ1) is 11.7. The average molecular weight is 404 g/mol. The highest BCUT2D eigenvalue weighted by Gasteiger charge is 2.14. The van der Waals surface area contributed by atoms with E-state index in [1.165, 1.54) is 10.4 Å². The number of nitrogens with zero attached hydrogens (tertiary/aromatic N) is 4. The molecule has 0 atom stereocenters. The van der Waals surface area contributed by atoms with Gasteiger partial charge in [-0.25, -0.2) is 0 Å². The maximum atomic E-state index is 5.33. The first-order valence-corrected chi connectivity index (χ1v) is 9.26. The van der Waals surface area contributed by atoms with Crippen molar-refractivity contribution in [3.63, 3.8) is 0 Å². The van der Waals surface area contributed by atoms with Crippen LogP contribution in [-0.2, 0) is 19.6 Å². The fourth-order valence-corrected chi connectivity index (χ4v) is 3.93. The van der Waals surface area contributed by atoms with Gasteiger partial charge in [-0.2, -0.15) is 10.2 Å². The Hall–Kier alpha value is -1.88. The van der Waals surface area contributed by atoms with E-state index in [4.69, 9.17) is 6.42 Å². The van der Waals surface area contributed by atoms with Gasteiger partial charge >= 0.3 is 0 Å². The zero-order valence-electron chi connectivity index (χ0n) is 13.4. The third-order valence-electron chi connectivity index (χ3n) is 3.71. The fraction of sp³-hybridized carbons (Fsp3) is 0.294. The van der Waals surface area contributed by atoms with Crippen LogP contribution < -0.4 is 0 Å². The number of halogens is 1. The first kappa shape index (κ1) is 17.0. The lowest BCUT2D eigenvalue weighted by Crippen LogP contribution is -2.22. The minimum atomic E-state index is 0.505. The van der Waals surface area contributed by atoms with Gasteiger partial charge < -0.3 is 0 Å². The summed E-state index contributed by atoms with van der Waals surface area (Å²) in [5.41, 5.74) is 3.30. The van der Waals surface area contributed by atoms with Crippen molar-refractivity contribution >= 4 is 27.3 Å². The lowest BCUT2D eigenvalue weighted by Gasteiger charge is -2.19. The van der Waals surface area contributed by atoms with Crippen molar-refractivity contribution in [3.05, 3.63) is 45.6 Å². The second-order valence-corrected chi connectivity index (χ2v) is 7.85. The van der Waals surface area contributed by atoms with Crippen LogP contribution in [0.15, 0.2) is 34.4 Å². The molecule has 5 nitrogen and oxygen atoms in total. The molecule has 3 heterocycles. The number of hydrogen-bond acceptors (Lipinski definition) is 4. The Kier molecular flexibility index (Phi) is 5.51. The van der Waals surface area contributed by atoms with E-state index in [9.17, 15) is 0 Å². The molecule has 0 saturated carbocycles. The summed E-state index contributed by atoms with van der Waals surface area (Å²) in [6.45, 7) is 5.19. The molecule has 3 rings (SSSR count). The van der Waals surface area contributed by atoms with Crippen LogP contribution >= 0.6 is 27.3 Å². The SMILES string of the molecule is C#CCn1ccc(CN(CC)Cc2cn[nH]c2-c2ccc(Br)s2)n1. The van der Waals surface area contributed by atoms with E-state index in [2.05, 4.69) is 61.1 Å². The van der Waals surface area contributed by atoms with Crippen molar-refractivity contribution in [3.8, 4) is 22.9 Å². The van der Waals surface area contributed by atoms with Crippen LogP contribution in [0, 0.1) is 12.3 Å². The summed E-state index contributed by atoms with van der Waals surface area (Å²) in [4.78, 5) is 3.52. The van der Waals surface area contributed by atoms with E-state index < -0.39 is 0 Å². The number of aromatic nitrogens is 4. The lowest BCUT2D eigenvalue weighted by molar-refractivity contribution is 0.267. The Labute approximate surface area is 153 Å². The third kappa shape index (κ3) is 3.96. The molecule has 0 amide bonds. The number of thiophene rings is 1. The standard InChI is InChI=1S/C17H18BrN5S/c1-3-8-23-9-7-14(21-23)12-22(4-2)11-13-10-19-20-17(13)15-5-6-16(18)24-15/h1,5-7,9-10H,4,8,11-12H2,2H3,(H,19,20). The van der Waals surface area contributed by atoms with Crippen LogP contribution in [0.25, 0.3) is 10.6 Å². The van der Waals surface area contributed by atoms with Crippen LogP contribution in [0.4, 0.5) is 0 Å². The molecule has 0 aromatic carbocycles. The smallest absolute Gasteiger partial charge is 0.101 e. The van der Waals surface area contributed by atoms with Crippen molar-refractivity contribution in [2.45, 2.75) is 26.6 Å². The monoisotopic (exact) mass is 403 g/mol. The summed E-state index contributed by atoms with van der Waals surface area (Å²) < 4.78 is 2.90. The molecule has 0 aliphatic rings. The molecule has 0 radical (unpaired) electrons. The number of aromatic amines is 1. The number of nitrogens with one attached hydrogen (secondary N) is 1. The van der Waals surface area contributed by atoms with E-state index in [-0.39, 0.29) is 0 Å². The lowest BCUT2D eigenvalue weighted by atomic mass is 10.2. The Morgan fingerprint density at radius 3 is 2.96 bits per heavy atom. The Morgan fingerprint density at radius 1 is 1.38 bits per heavy atom. The van der Waals surface area contributed by atoms with Gasteiger partial charge in [0.25, 0.3) is 0 Å². The molecule has 0 aliphatic heterocycles. The maximum Gasteiger partial charge on any atom is 0.101 e. The summed E-state index contributed by atoms with van der Waals surface area (Å²) in [5.74, 6) is 2.60. The molecule has 1 N–H and O–H groups in total.